The molecule has 3 nitrogen and oxygen atoms in total. The zero-order chi connectivity index (χ0) is 19.2. The van der Waals surface area contributed by atoms with Crippen LogP contribution in [0, 0.1) is 17.2 Å². The highest BCUT2D eigenvalue weighted by Crippen LogP contribution is 2.22. The van der Waals surface area contributed by atoms with Crippen LogP contribution in [0.5, 0.6) is 0 Å². The quantitative estimate of drug-likeness (QED) is 0.571. The van der Waals surface area contributed by atoms with E-state index in [1.165, 1.54) is 68.4 Å². The molecule has 4 rings (SSSR count). The summed E-state index contributed by atoms with van der Waals surface area (Å²) in [6.07, 6.45) is 7.45. The number of nitrogens with one attached hydrogen (secondary N) is 1. The molecule has 1 fully saturated rings. The van der Waals surface area contributed by atoms with Crippen molar-refractivity contribution in [3.63, 3.8) is 0 Å². The third-order valence-electron chi connectivity index (χ3n) is 5.95. The van der Waals surface area contributed by atoms with Crippen LogP contribution in [0.1, 0.15) is 42.5 Å². The van der Waals surface area contributed by atoms with Crippen LogP contribution in [0.4, 0.5) is 0 Å². The Morgan fingerprint density at radius 3 is 2.82 bits per heavy atom. The van der Waals surface area contributed by atoms with Crippen molar-refractivity contribution in [1.82, 2.24) is 9.88 Å². The average molecular weight is 372 g/mol. The van der Waals surface area contributed by atoms with Crippen molar-refractivity contribution in [2.45, 2.75) is 38.5 Å². The van der Waals surface area contributed by atoms with Crippen LogP contribution in [0.25, 0.3) is 10.9 Å². The second-order valence-electron chi connectivity index (χ2n) is 8.16. The van der Waals surface area contributed by atoms with Crippen LogP contribution in [0.15, 0.2) is 54.6 Å². The molecule has 2 aromatic carbocycles. The first-order valence-corrected chi connectivity index (χ1v) is 10.6. The topological polar surface area (TPSA) is 42.8 Å². The summed E-state index contributed by atoms with van der Waals surface area (Å²) >= 11 is 0. The molecule has 144 valence electrons. The Labute approximate surface area is 168 Å². The van der Waals surface area contributed by atoms with Gasteiger partial charge in [-0.2, -0.15) is 5.26 Å². The van der Waals surface area contributed by atoms with Crippen molar-refractivity contribution in [3.8, 4) is 6.07 Å². The number of unbranched alkanes of at least 4 members (excludes halogenated alkanes) is 1. The Morgan fingerprint density at radius 2 is 1.96 bits per heavy atom. The minimum absolute atomic E-state index is 0.719. The highest BCUT2D eigenvalue weighted by Gasteiger charge is 2.19. The number of rotatable bonds is 7. The smallest absolute Gasteiger partial charge is 0.0992 e. The van der Waals surface area contributed by atoms with Gasteiger partial charge in [-0.15, -0.1) is 0 Å². The summed E-state index contributed by atoms with van der Waals surface area (Å²) in [6, 6.07) is 21.2. The van der Waals surface area contributed by atoms with Crippen molar-refractivity contribution in [1.29, 1.82) is 5.26 Å². The molecule has 28 heavy (non-hydrogen) atoms. The van der Waals surface area contributed by atoms with E-state index in [1.807, 2.05) is 18.2 Å². The average Bonchev–Trinajstić information content (AvgIpc) is 3.14. The SMILES string of the molecule is N#Cc1ccc2cc(CCCCN3CCCC(Cc4ccccc4)C3)[nH]c2c1. The molecule has 2 heterocycles. The van der Waals surface area contributed by atoms with E-state index in [0.29, 0.717) is 0 Å². The van der Waals surface area contributed by atoms with Crippen LogP contribution >= 0.6 is 0 Å². The number of aromatic nitrogens is 1. The van der Waals surface area contributed by atoms with Crippen LogP contribution in [-0.4, -0.2) is 29.5 Å². The molecule has 0 bridgehead atoms. The van der Waals surface area contributed by atoms with Gasteiger partial charge in [0, 0.05) is 17.8 Å². The number of H-pyrrole nitrogens is 1. The minimum atomic E-state index is 0.719. The van der Waals surface area contributed by atoms with Crippen molar-refractivity contribution >= 4 is 10.9 Å². The number of hydrogen-bond acceptors (Lipinski definition) is 2. The van der Waals surface area contributed by atoms with E-state index < -0.39 is 0 Å². The molecule has 3 aromatic rings. The molecular formula is C25H29N3. The molecule has 0 spiro atoms. The number of benzene rings is 2. The molecule has 1 aromatic heterocycles. The summed E-state index contributed by atoms with van der Waals surface area (Å²) in [6.45, 7) is 3.72. The van der Waals surface area contributed by atoms with Gasteiger partial charge in [0.25, 0.3) is 0 Å². The molecule has 0 aliphatic carbocycles. The lowest BCUT2D eigenvalue weighted by molar-refractivity contribution is 0.171. The summed E-state index contributed by atoms with van der Waals surface area (Å²) in [5.41, 5.74) is 4.56. The molecule has 3 heteroatoms. The maximum atomic E-state index is 9.03. The number of hydrogen-bond donors (Lipinski definition) is 1. The number of aromatic amines is 1. The fourth-order valence-corrected chi connectivity index (χ4v) is 4.51. The second kappa shape index (κ2) is 9.08. The fraction of sp³-hybridized carbons (Fsp3) is 0.400. The second-order valence-corrected chi connectivity index (χ2v) is 8.16. The zero-order valence-electron chi connectivity index (χ0n) is 16.5. The van der Waals surface area contributed by atoms with E-state index in [1.54, 1.807) is 0 Å². The lowest BCUT2D eigenvalue weighted by Gasteiger charge is -2.32. The van der Waals surface area contributed by atoms with Gasteiger partial charge in [0.1, 0.15) is 0 Å². The number of piperidine rings is 1. The van der Waals surface area contributed by atoms with Gasteiger partial charge in [-0.3, -0.25) is 0 Å². The van der Waals surface area contributed by atoms with Gasteiger partial charge in [-0.1, -0.05) is 36.4 Å². The molecule has 0 radical (unpaired) electrons. The van der Waals surface area contributed by atoms with E-state index in [0.717, 1.165) is 23.4 Å². The van der Waals surface area contributed by atoms with Gasteiger partial charge in [0.15, 0.2) is 0 Å². The summed E-state index contributed by atoms with van der Waals surface area (Å²) in [5.74, 6) is 0.805. The summed E-state index contributed by atoms with van der Waals surface area (Å²) < 4.78 is 0. The maximum absolute atomic E-state index is 9.03. The highest BCUT2D eigenvalue weighted by molar-refractivity contribution is 5.81. The van der Waals surface area contributed by atoms with Crippen molar-refractivity contribution < 1.29 is 0 Å². The summed E-state index contributed by atoms with van der Waals surface area (Å²) in [5, 5.41) is 10.2. The summed E-state index contributed by atoms with van der Waals surface area (Å²) in [4.78, 5) is 6.15. The summed E-state index contributed by atoms with van der Waals surface area (Å²) in [7, 11) is 0. The Bertz CT molecular complexity index is 935. The van der Waals surface area contributed by atoms with E-state index in [4.69, 9.17) is 5.26 Å². The van der Waals surface area contributed by atoms with E-state index in [2.05, 4.69) is 52.4 Å². The van der Waals surface area contributed by atoms with E-state index >= 15 is 0 Å². The number of fused-ring (bicyclic) bond motifs is 1. The third-order valence-corrected chi connectivity index (χ3v) is 5.95. The highest BCUT2D eigenvalue weighted by atomic mass is 15.1. The first kappa shape index (κ1) is 18.8. The van der Waals surface area contributed by atoms with Gasteiger partial charge < -0.3 is 9.88 Å². The number of nitriles is 1. The molecule has 1 atom stereocenters. The largest absolute Gasteiger partial charge is 0.358 e. The van der Waals surface area contributed by atoms with Crippen LogP contribution in [0.3, 0.4) is 0 Å². The first-order valence-electron chi connectivity index (χ1n) is 10.6. The molecule has 0 saturated carbocycles. The lowest BCUT2D eigenvalue weighted by Crippen LogP contribution is -2.36. The minimum Gasteiger partial charge on any atom is -0.358 e. The monoisotopic (exact) mass is 371 g/mol. The maximum Gasteiger partial charge on any atom is 0.0992 e. The van der Waals surface area contributed by atoms with Gasteiger partial charge in [0.2, 0.25) is 0 Å². The van der Waals surface area contributed by atoms with E-state index in [-0.39, 0.29) is 0 Å². The van der Waals surface area contributed by atoms with E-state index in [9.17, 15) is 0 Å². The van der Waals surface area contributed by atoms with Crippen LogP contribution < -0.4 is 0 Å². The van der Waals surface area contributed by atoms with Gasteiger partial charge in [0.05, 0.1) is 11.6 Å². The number of likely N-dealkylation sites (tertiary alicyclic amines) is 1. The Morgan fingerprint density at radius 1 is 1.07 bits per heavy atom. The fourth-order valence-electron chi connectivity index (χ4n) is 4.51. The Kier molecular flexibility index (Phi) is 6.09. The zero-order valence-corrected chi connectivity index (χ0v) is 16.5. The lowest BCUT2D eigenvalue weighted by atomic mass is 9.91. The van der Waals surface area contributed by atoms with Crippen LogP contribution in [0.2, 0.25) is 0 Å². The third kappa shape index (κ3) is 4.82. The van der Waals surface area contributed by atoms with Gasteiger partial charge >= 0.3 is 0 Å². The Hall–Kier alpha value is -2.57. The van der Waals surface area contributed by atoms with Gasteiger partial charge in [-0.05, 0) is 86.7 Å². The molecular weight excluding hydrogens is 342 g/mol. The van der Waals surface area contributed by atoms with Crippen molar-refractivity contribution in [2.24, 2.45) is 5.92 Å². The number of aryl methyl sites for hydroxylation is 1. The normalized spacial score (nSPS) is 17.6. The molecule has 1 aliphatic heterocycles. The molecule has 1 N–H and O–H groups in total. The Balaban J connectivity index is 1.22. The van der Waals surface area contributed by atoms with Gasteiger partial charge in [-0.25, -0.2) is 0 Å². The van der Waals surface area contributed by atoms with Crippen molar-refractivity contribution in [3.05, 3.63) is 71.4 Å². The first-order chi connectivity index (χ1) is 13.8. The van der Waals surface area contributed by atoms with Crippen LogP contribution in [-0.2, 0) is 12.8 Å². The molecule has 1 unspecified atom stereocenters. The predicted octanol–water partition coefficient (Wildman–Crippen LogP) is 5.32. The standard InChI is InChI=1S/C25H29N3/c26-18-21-11-12-23-17-24(27-25(23)16-21)10-4-5-13-28-14-6-9-22(19-28)15-20-7-2-1-3-8-20/h1-3,7-8,11-12,16-17,22,27H,4-6,9-10,13-15,19H2. The molecule has 1 saturated heterocycles. The van der Waals surface area contributed by atoms with Crippen molar-refractivity contribution in [2.75, 3.05) is 19.6 Å². The predicted molar refractivity (Wildman–Crippen MR) is 115 cm³/mol. The number of nitrogens with zero attached hydrogens (tertiary/aromatic N) is 2. The molecule has 1 aliphatic rings. The molecule has 0 amide bonds.